The molecule has 1 aromatic heterocycles. The van der Waals surface area contributed by atoms with Crippen molar-refractivity contribution in [3.8, 4) is 5.75 Å². The standard InChI is InChI=1S/C22H19BrN4O5/c1-13-20(14(2)31-24-13)27-19(28)12-30-22(27)26(17-8-6-16(23)7-9-17)21(25-32-22)15-4-10-18(29-3)11-5-15/h4-11H,12H2,1-3H3. The topological polar surface area (TPSA) is 89.6 Å². The highest BCUT2D eigenvalue weighted by Gasteiger charge is 2.62. The Morgan fingerprint density at radius 1 is 1.06 bits per heavy atom. The van der Waals surface area contributed by atoms with Crippen molar-refractivity contribution in [3.05, 3.63) is 70.0 Å². The second-order valence-electron chi connectivity index (χ2n) is 7.29. The van der Waals surface area contributed by atoms with Crippen LogP contribution in [-0.2, 0) is 14.4 Å². The van der Waals surface area contributed by atoms with Gasteiger partial charge in [0.15, 0.2) is 11.6 Å². The molecule has 0 N–H and O–H groups in total. The number of aryl methyl sites for hydroxylation is 2. The van der Waals surface area contributed by atoms with Crippen molar-refractivity contribution in [2.24, 2.45) is 5.16 Å². The highest BCUT2D eigenvalue weighted by atomic mass is 79.9. The quantitative estimate of drug-likeness (QED) is 0.538. The molecular weight excluding hydrogens is 480 g/mol. The number of oxime groups is 1. The van der Waals surface area contributed by atoms with Crippen LogP contribution in [-0.4, -0.2) is 36.7 Å². The van der Waals surface area contributed by atoms with Crippen molar-refractivity contribution in [1.29, 1.82) is 0 Å². The zero-order chi connectivity index (χ0) is 22.5. The predicted octanol–water partition coefficient (Wildman–Crippen LogP) is 3.94. The van der Waals surface area contributed by atoms with Crippen LogP contribution in [0.25, 0.3) is 0 Å². The predicted molar refractivity (Wildman–Crippen MR) is 119 cm³/mol. The summed E-state index contributed by atoms with van der Waals surface area (Å²) in [6.07, 6.45) is 0. The van der Waals surface area contributed by atoms with Crippen molar-refractivity contribution in [3.63, 3.8) is 0 Å². The minimum Gasteiger partial charge on any atom is -0.497 e. The molecule has 32 heavy (non-hydrogen) atoms. The van der Waals surface area contributed by atoms with Gasteiger partial charge in [0.1, 0.15) is 23.7 Å². The molecule has 0 bridgehead atoms. The molecule has 10 heteroatoms. The maximum Gasteiger partial charge on any atom is 0.422 e. The van der Waals surface area contributed by atoms with Crippen LogP contribution < -0.4 is 14.5 Å². The molecular formula is C22H19BrN4O5. The van der Waals surface area contributed by atoms with Gasteiger partial charge in [0.25, 0.3) is 5.91 Å². The number of amides is 1. The molecule has 2 aliphatic rings. The van der Waals surface area contributed by atoms with E-state index in [2.05, 4.69) is 26.2 Å². The SMILES string of the molecule is COc1ccc(C2=NOC3(OCC(=O)N3c3c(C)noc3C)N2c2ccc(Br)cc2)cc1. The normalized spacial score (nSPS) is 20.1. The highest BCUT2D eigenvalue weighted by molar-refractivity contribution is 9.10. The van der Waals surface area contributed by atoms with Crippen LogP contribution in [0.3, 0.4) is 0 Å². The van der Waals surface area contributed by atoms with Crippen LogP contribution in [0.2, 0.25) is 0 Å². The summed E-state index contributed by atoms with van der Waals surface area (Å²) in [7, 11) is 1.60. The van der Waals surface area contributed by atoms with Gasteiger partial charge in [0.05, 0.1) is 12.8 Å². The molecule has 0 radical (unpaired) electrons. The zero-order valence-electron chi connectivity index (χ0n) is 17.5. The van der Waals surface area contributed by atoms with E-state index in [-0.39, 0.29) is 12.5 Å². The lowest BCUT2D eigenvalue weighted by atomic mass is 10.1. The van der Waals surface area contributed by atoms with Crippen molar-refractivity contribution in [1.82, 2.24) is 5.16 Å². The summed E-state index contributed by atoms with van der Waals surface area (Å²) in [5.74, 6) is 1.36. The first kappa shape index (κ1) is 20.5. The molecule has 2 aliphatic heterocycles. The summed E-state index contributed by atoms with van der Waals surface area (Å²) in [5, 5.41) is 8.35. The number of anilines is 2. The van der Waals surface area contributed by atoms with E-state index in [1.165, 1.54) is 4.90 Å². The van der Waals surface area contributed by atoms with Crippen LogP contribution >= 0.6 is 15.9 Å². The van der Waals surface area contributed by atoms with E-state index in [0.29, 0.717) is 34.4 Å². The Morgan fingerprint density at radius 3 is 2.41 bits per heavy atom. The maximum absolute atomic E-state index is 13.0. The first-order valence-electron chi connectivity index (χ1n) is 9.81. The van der Waals surface area contributed by atoms with Crippen LogP contribution in [0.15, 0.2) is 62.7 Å². The van der Waals surface area contributed by atoms with E-state index in [4.69, 9.17) is 18.8 Å². The number of halogens is 1. The van der Waals surface area contributed by atoms with Crippen LogP contribution in [0.5, 0.6) is 5.75 Å². The summed E-state index contributed by atoms with van der Waals surface area (Å²) < 4.78 is 17.5. The average molecular weight is 499 g/mol. The Hall–Kier alpha value is -3.37. The van der Waals surface area contributed by atoms with Crippen LogP contribution in [0, 0.1) is 13.8 Å². The second kappa shape index (κ2) is 7.64. The molecule has 0 saturated carbocycles. The van der Waals surface area contributed by atoms with Crippen LogP contribution in [0.4, 0.5) is 11.4 Å². The second-order valence-corrected chi connectivity index (χ2v) is 8.20. The highest BCUT2D eigenvalue weighted by Crippen LogP contribution is 2.44. The van der Waals surface area contributed by atoms with E-state index in [0.717, 1.165) is 10.0 Å². The molecule has 1 spiro atoms. The number of methoxy groups -OCH3 is 1. The molecule has 1 fully saturated rings. The Kier molecular flexibility index (Phi) is 4.90. The van der Waals surface area contributed by atoms with Gasteiger partial charge in [-0.05, 0) is 62.4 Å². The Labute approximate surface area is 192 Å². The van der Waals surface area contributed by atoms with Gasteiger partial charge in [-0.15, -0.1) is 0 Å². The number of aromatic nitrogens is 1. The van der Waals surface area contributed by atoms with Crippen molar-refractivity contribution >= 4 is 39.0 Å². The fourth-order valence-electron chi connectivity index (χ4n) is 3.85. The molecule has 1 saturated heterocycles. The fourth-order valence-corrected chi connectivity index (χ4v) is 4.12. The zero-order valence-corrected chi connectivity index (χ0v) is 19.1. The van der Waals surface area contributed by atoms with Gasteiger partial charge < -0.3 is 14.1 Å². The molecule has 9 nitrogen and oxygen atoms in total. The van der Waals surface area contributed by atoms with E-state index < -0.39 is 6.03 Å². The molecule has 164 valence electrons. The van der Waals surface area contributed by atoms with Gasteiger partial charge in [0, 0.05) is 10.0 Å². The van der Waals surface area contributed by atoms with Gasteiger partial charge in [-0.1, -0.05) is 26.2 Å². The van der Waals surface area contributed by atoms with Crippen molar-refractivity contribution in [2.45, 2.75) is 19.9 Å². The number of hydrogen-bond acceptors (Lipinski definition) is 8. The number of carbonyl (C=O) groups is 1. The lowest BCUT2D eigenvalue weighted by Crippen LogP contribution is -2.60. The summed E-state index contributed by atoms with van der Waals surface area (Å²) >= 11 is 3.47. The van der Waals surface area contributed by atoms with Gasteiger partial charge >= 0.3 is 6.03 Å². The summed E-state index contributed by atoms with van der Waals surface area (Å²) in [4.78, 5) is 22.1. The van der Waals surface area contributed by atoms with Crippen LogP contribution in [0.1, 0.15) is 17.0 Å². The third-order valence-corrected chi connectivity index (χ3v) is 5.84. The van der Waals surface area contributed by atoms with Gasteiger partial charge in [-0.3, -0.25) is 9.53 Å². The lowest BCUT2D eigenvalue weighted by molar-refractivity contribution is -0.188. The van der Waals surface area contributed by atoms with E-state index in [1.54, 1.807) is 25.9 Å². The Balaban J connectivity index is 1.67. The first-order valence-corrected chi connectivity index (χ1v) is 10.6. The monoisotopic (exact) mass is 498 g/mol. The van der Waals surface area contributed by atoms with Crippen molar-refractivity contribution in [2.75, 3.05) is 23.5 Å². The molecule has 0 aliphatic carbocycles. The number of rotatable bonds is 4. The fraction of sp³-hybridized carbons (Fsp3) is 0.227. The van der Waals surface area contributed by atoms with Crippen molar-refractivity contribution < 1.29 is 23.6 Å². The smallest absolute Gasteiger partial charge is 0.422 e. The molecule has 1 atom stereocenters. The Morgan fingerprint density at radius 2 is 1.78 bits per heavy atom. The largest absolute Gasteiger partial charge is 0.497 e. The minimum atomic E-state index is -1.67. The molecule has 2 aromatic carbocycles. The number of amidine groups is 1. The van der Waals surface area contributed by atoms with E-state index in [1.807, 2.05) is 48.5 Å². The maximum atomic E-state index is 13.0. The molecule has 1 unspecified atom stereocenters. The van der Waals surface area contributed by atoms with Gasteiger partial charge in [0.2, 0.25) is 0 Å². The number of benzene rings is 2. The number of ether oxygens (including phenoxy) is 2. The molecule has 3 heterocycles. The van der Waals surface area contributed by atoms with E-state index in [9.17, 15) is 4.79 Å². The summed E-state index contributed by atoms with van der Waals surface area (Å²) in [6, 6.07) is 13.3. The summed E-state index contributed by atoms with van der Waals surface area (Å²) in [5.41, 5.74) is 2.50. The van der Waals surface area contributed by atoms with Gasteiger partial charge in [-0.25, -0.2) is 9.80 Å². The third-order valence-electron chi connectivity index (χ3n) is 5.31. The van der Waals surface area contributed by atoms with E-state index >= 15 is 0 Å². The average Bonchev–Trinajstić information content (AvgIpc) is 3.45. The molecule has 1 amide bonds. The summed E-state index contributed by atoms with van der Waals surface area (Å²) in [6.45, 7) is 3.30. The first-order chi connectivity index (χ1) is 15.4. The number of carbonyl (C=O) groups excluding carboxylic acids is 1. The van der Waals surface area contributed by atoms with Gasteiger partial charge in [-0.2, -0.15) is 0 Å². The Bertz CT molecular complexity index is 1190. The molecule has 5 rings (SSSR count). The molecule has 3 aromatic rings. The number of nitrogens with zero attached hydrogens (tertiary/aromatic N) is 4. The number of hydrogen-bond donors (Lipinski definition) is 0. The minimum absolute atomic E-state index is 0.192. The lowest BCUT2D eigenvalue weighted by Gasteiger charge is -2.37. The third kappa shape index (κ3) is 3.06.